The van der Waals surface area contributed by atoms with Crippen LogP contribution in [0, 0.1) is 0 Å². The van der Waals surface area contributed by atoms with Gasteiger partial charge in [0.15, 0.2) is 0 Å². The number of carbonyl (C=O) groups excluding carboxylic acids is 2. The molecule has 1 N–H and O–H groups in total. The fraction of sp³-hybridized carbons (Fsp3) is 0.619. The van der Waals surface area contributed by atoms with Crippen molar-refractivity contribution in [3.63, 3.8) is 0 Å². The molecule has 0 saturated carbocycles. The first-order valence-corrected chi connectivity index (χ1v) is 9.70. The first kappa shape index (κ1) is 18.4. The number of nitrogens with one attached hydrogen (secondary N) is 1. The molecule has 0 bridgehead atoms. The molecule has 0 aromatic heterocycles. The van der Waals surface area contributed by atoms with E-state index in [4.69, 9.17) is 4.74 Å². The molecule has 3 amide bonds. The zero-order valence-corrected chi connectivity index (χ0v) is 16.6. The summed E-state index contributed by atoms with van der Waals surface area (Å²) in [5, 5.41) is 3.07. The number of urea groups is 1. The van der Waals surface area contributed by atoms with Crippen LogP contribution in [-0.4, -0.2) is 57.6 Å². The van der Waals surface area contributed by atoms with Crippen molar-refractivity contribution >= 4 is 11.9 Å². The van der Waals surface area contributed by atoms with Gasteiger partial charge in [-0.05, 0) is 46.1 Å². The molecule has 1 aromatic rings. The van der Waals surface area contributed by atoms with Crippen molar-refractivity contribution < 1.29 is 14.3 Å². The molecule has 27 heavy (non-hydrogen) atoms. The Hall–Kier alpha value is -1.92. The van der Waals surface area contributed by atoms with Gasteiger partial charge in [0, 0.05) is 17.6 Å². The number of hydrogen-bond acceptors (Lipinski definition) is 4. The van der Waals surface area contributed by atoms with Crippen LogP contribution in [0.25, 0.3) is 0 Å². The minimum absolute atomic E-state index is 0.0974. The predicted molar refractivity (Wildman–Crippen MR) is 102 cm³/mol. The van der Waals surface area contributed by atoms with Crippen molar-refractivity contribution in [2.24, 2.45) is 0 Å². The summed E-state index contributed by atoms with van der Waals surface area (Å²) in [6.07, 6.45) is 1.50. The molecule has 1 spiro atoms. The largest absolute Gasteiger partial charge is 0.372 e. The Morgan fingerprint density at radius 3 is 2.22 bits per heavy atom. The van der Waals surface area contributed by atoms with E-state index in [-0.39, 0.29) is 23.0 Å². The molecule has 0 radical (unpaired) electrons. The first-order chi connectivity index (χ1) is 12.6. The Kier molecular flexibility index (Phi) is 4.13. The molecule has 1 unspecified atom stereocenters. The summed E-state index contributed by atoms with van der Waals surface area (Å²) in [5.74, 6) is -0.0974. The maximum atomic E-state index is 13.4. The molecule has 3 aliphatic heterocycles. The first-order valence-electron chi connectivity index (χ1n) is 9.70. The van der Waals surface area contributed by atoms with Crippen molar-refractivity contribution in [3.8, 4) is 0 Å². The van der Waals surface area contributed by atoms with Gasteiger partial charge >= 0.3 is 6.03 Å². The lowest BCUT2D eigenvalue weighted by molar-refractivity contribution is -0.141. The Morgan fingerprint density at radius 2 is 1.67 bits per heavy atom. The summed E-state index contributed by atoms with van der Waals surface area (Å²) in [5.41, 5.74) is -0.321. The summed E-state index contributed by atoms with van der Waals surface area (Å²) in [6.45, 7) is 10.7. The van der Waals surface area contributed by atoms with E-state index >= 15 is 0 Å². The normalized spacial score (nSPS) is 28.4. The van der Waals surface area contributed by atoms with Crippen LogP contribution in [0.2, 0.25) is 0 Å². The van der Waals surface area contributed by atoms with Gasteiger partial charge in [0.05, 0.1) is 19.3 Å². The Balaban J connectivity index is 1.59. The summed E-state index contributed by atoms with van der Waals surface area (Å²) in [4.78, 5) is 30.0. The summed E-state index contributed by atoms with van der Waals surface area (Å²) < 4.78 is 5.45. The number of hydrogen-bond donors (Lipinski definition) is 1. The predicted octanol–water partition coefficient (Wildman–Crippen LogP) is 2.53. The average molecular weight is 371 g/mol. The van der Waals surface area contributed by atoms with Gasteiger partial charge < -0.3 is 10.1 Å². The number of amides is 3. The molecule has 1 atom stereocenters. The van der Waals surface area contributed by atoms with Crippen molar-refractivity contribution in [2.45, 2.75) is 69.8 Å². The Bertz CT molecular complexity index is 737. The van der Waals surface area contributed by atoms with Gasteiger partial charge in [-0.3, -0.25) is 14.6 Å². The molecular formula is C21H29N3O3. The van der Waals surface area contributed by atoms with E-state index in [9.17, 15) is 9.59 Å². The number of likely N-dealkylation sites (tertiary alicyclic amines) is 1. The van der Waals surface area contributed by atoms with Crippen molar-refractivity contribution in [2.75, 3.05) is 13.2 Å². The van der Waals surface area contributed by atoms with E-state index in [1.54, 1.807) is 0 Å². The minimum Gasteiger partial charge on any atom is -0.372 e. The number of epoxide rings is 1. The number of nitrogens with zero attached hydrogens (tertiary/aromatic N) is 2. The van der Waals surface area contributed by atoms with Crippen LogP contribution >= 0.6 is 0 Å². The molecule has 146 valence electrons. The molecular weight excluding hydrogens is 342 g/mol. The Morgan fingerprint density at radius 1 is 1.07 bits per heavy atom. The summed E-state index contributed by atoms with van der Waals surface area (Å²) >= 11 is 0. The lowest BCUT2D eigenvalue weighted by Gasteiger charge is -2.57. The quantitative estimate of drug-likeness (QED) is 0.652. The Labute approximate surface area is 160 Å². The van der Waals surface area contributed by atoms with Crippen LogP contribution in [0.3, 0.4) is 0 Å². The van der Waals surface area contributed by atoms with E-state index in [0.29, 0.717) is 25.5 Å². The zero-order chi connectivity index (χ0) is 19.4. The maximum Gasteiger partial charge on any atom is 0.325 e. The third-order valence-corrected chi connectivity index (χ3v) is 6.15. The fourth-order valence-corrected chi connectivity index (χ4v) is 5.25. The summed E-state index contributed by atoms with van der Waals surface area (Å²) in [6, 6.07) is 9.38. The molecule has 3 fully saturated rings. The van der Waals surface area contributed by atoms with E-state index in [1.165, 1.54) is 4.90 Å². The van der Waals surface area contributed by atoms with Crippen molar-refractivity contribution in [3.05, 3.63) is 35.9 Å². The molecule has 1 aromatic carbocycles. The highest BCUT2D eigenvalue weighted by Gasteiger charge is 2.61. The van der Waals surface area contributed by atoms with Gasteiger partial charge in [0.25, 0.3) is 5.91 Å². The highest BCUT2D eigenvalue weighted by Crippen LogP contribution is 2.46. The van der Waals surface area contributed by atoms with Gasteiger partial charge in [-0.15, -0.1) is 0 Å². The van der Waals surface area contributed by atoms with Gasteiger partial charge in [0.2, 0.25) is 0 Å². The SMILES string of the molecule is CC1(C)CC2(CC(C)(C)N1CC1CO1)NC(=O)N(Cc1ccccc1)C2=O. The number of piperidine rings is 1. The van der Waals surface area contributed by atoms with Crippen LogP contribution < -0.4 is 5.32 Å². The molecule has 4 rings (SSSR count). The number of benzene rings is 1. The van der Waals surface area contributed by atoms with E-state index < -0.39 is 5.54 Å². The number of carbonyl (C=O) groups is 2. The van der Waals surface area contributed by atoms with Crippen LogP contribution in [0.5, 0.6) is 0 Å². The van der Waals surface area contributed by atoms with E-state index in [2.05, 4.69) is 37.9 Å². The second kappa shape index (κ2) is 6.04. The van der Waals surface area contributed by atoms with Gasteiger partial charge in [-0.25, -0.2) is 4.79 Å². The highest BCUT2D eigenvalue weighted by molar-refractivity contribution is 6.07. The minimum atomic E-state index is -0.834. The lowest BCUT2D eigenvalue weighted by Crippen LogP contribution is -2.70. The molecule has 0 aliphatic carbocycles. The van der Waals surface area contributed by atoms with E-state index in [0.717, 1.165) is 18.7 Å². The topological polar surface area (TPSA) is 65.2 Å². The average Bonchev–Trinajstić information content (AvgIpc) is 3.36. The van der Waals surface area contributed by atoms with Gasteiger partial charge in [0.1, 0.15) is 5.54 Å². The van der Waals surface area contributed by atoms with Crippen molar-refractivity contribution in [1.82, 2.24) is 15.1 Å². The molecule has 6 heteroatoms. The van der Waals surface area contributed by atoms with Crippen LogP contribution in [0.4, 0.5) is 4.79 Å². The third kappa shape index (κ3) is 3.25. The zero-order valence-electron chi connectivity index (χ0n) is 16.6. The molecule has 3 heterocycles. The second-order valence-corrected chi connectivity index (χ2v) is 9.43. The fourth-order valence-electron chi connectivity index (χ4n) is 5.25. The molecule has 3 saturated heterocycles. The van der Waals surface area contributed by atoms with Crippen LogP contribution in [0.15, 0.2) is 30.3 Å². The third-order valence-electron chi connectivity index (χ3n) is 6.15. The maximum absolute atomic E-state index is 13.4. The standard InChI is InChI=1S/C21H29N3O3/c1-19(2)13-21(14-20(3,4)24(19)11-16-12-27-16)17(25)23(18(26)22-21)10-15-8-6-5-7-9-15/h5-9,16H,10-14H2,1-4H3,(H,22,26). The monoisotopic (exact) mass is 371 g/mol. The van der Waals surface area contributed by atoms with Crippen LogP contribution in [-0.2, 0) is 16.1 Å². The lowest BCUT2D eigenvalue weighted by atomic mass is 9.68. The molecule has 3 aliphatic rings. The number of rotatable bonds is 4. The number of ether oxygens (including phenoxy) is 1. The summed E-state index contributed by atoms with van der Waals surface area (Å²) in [7, 11) is 0. The van der Waals surface area contributed by atoms with Gasteiger partial charge in [-0.2, -0.15) is 0 Å². The van der Waals surface area contributed by atoms with Crippen LogP contribution in [0.1, 0.15) is 46.1 Å². The van der Waals surface area contributed by atoms with Gasteiger partial charge in [-0.1, -0.05) is 30.3 Å². The van der Waals surface area contributed by atoms with E-state index in [1.807, 2.05) is 30.3 Å². The second-order valence-electron chi connectivity index (χ2n) is 9.43. The number of imide groups is 1. The smallest absolute Gasteiger partial charge is 0.325 e. The van der Waals surface area contributed by atoms with Crippen molar-refractivity contribution in [1.29, 1.82) is 0 Å². The molecule has 6 nitrogen and oxygen atoms in total. The highest BCUT2D eigenvalue weighted by atomic mass is 16.6.